The van der Waals surface area contributed by atoms with Crippen LogP contribution in [0.15, 0.2) is 52.4 Å². The molecule has 30 heavy (non-hydrogen) atoms. The van der Waals surface area contributed by atoms with Gasteiger partial charge in [0.25, 0.3) is 11.5 Å². The molecule has 3 N–H and O–H groups in total. The monoisotopic (exact) mass is 425 g/mol. The number of hydrogen-bond donors (Lipinski definition) is 3. The Bertz CT molecular complexity index is 1210. The van der Waals surface area contributed by atoms with Crippen LogP contribution in [-0.2, 0) is 4.79 Å². The van der Waals surface area contributed by atoms with Crippen molar-refractivity contribution in [3.05, 3.63) is 69.1 Å². The van der Waals surface area contributed by atoms with Crippen LogP contribution in [-0.4, -0.2) is 33.8 Å². The van der Waals surface area contributed by atoms with Crippen LogP contribution < -0.4 is 15.7 Å². The van der Waals surface area contributed by atoms with Gasteiger partial charge in [-0.2, -0.15) is 10.4 Å². The molecule has 1 aromatic heterocycles. The Labute approximate surface area is 175 Å². The Hall–Kier alpha value is -3.74. The number of aliphatic hydroxyl groups excluding tert-OH is 1. The first kappa shape index (κ1) is 21.0. The zero-order valence-electron chi connectivity index (χ0n) is 15.7. The van der Waals surface area contributed by atoms with E-state index >= 15 is 0 Å². The van der Waals surface area contributed by atoms with E-state index in [-0.39, 0.29) is 11.4 Å². The number of amides is 1. The molecule has 0 aliphatic heterocycles. The molecule has 1 heterocycles. The fourth-order valence-electron chi connectivity index (χ4n) is 2.65. The number of aliphatic hydroxyl groups is 1. The first-order valence-corrected chi connectivity index (χ1v) is 9.06. The number of benzene rings is 2. The molecule has 10 heteroatoms. The Morgan fingerprint density at radius 1 is 1.37 bits per heavy atom. The molecule has 3 rings (SSSR count). The van der Waals surface area contributed by atoms with Gasteiger partial charge in [-0.1, -0.05) is 23.7 Å². The van der Waals surface area contributed by atoms with Crippen molar-refractivity contribution in [2.24, 2.45) is 5.10 Å². The van der Waals surface area contributed by atoms with Crippen LogP contribution in [0.1, 0.15) is 23.8 Å². The van der Waals surface area contributed by atoms with Crippen LogP contribution in [0.3, 0.4) is 0 Å². The van der Waals surface area contributed by atoms with Gasteiger partial charge in [-0.05, 0) is 35.9 Å². The van der Waals surface area contributed by atoms with Gasteiger partial charge in [-0.25, -0.2) is 10.4 Å². The zero-order valence-corrected chi connectivity index (χ0v) is 16.5. The number of fused-ring (bicyclic) bond motifs is 1. The number of nitrogens with zero attached hydrogens (tertiary/aromatic N) is 3. The number of aromatic nitrogens is 2. The molecular weight excluding hydrogens is 410 g/mol. The number of methoxy groups -OCH3 is 1. The standard InChI is InChI=1S/C20H16ClN5O4/c1-30-13-5-2-11(3-6-13)19(28)17(26-25-16(27)8-9-22)18-20(29)24-15-10-12(21)4-7-14(15)23-18/h2-7,10,19,28H,8H2,1H3,(H,24,29)(H,25,27)/b26-17-. The first-order chi connectivity index (χ1) is 14.4. The molecule has 0 saturated carbocycles. The van der Waals surface area contributed by atoms with Crippen molar-refractivity contribution in [1.29, 1.82) is 5.26 Å². The average molecular weight is 426 g/mol. The second-order valence-electron chi connectivity index (χ2n) is 6.12. The largest absolute Gasteiger partial charge is 0.497 e. The normalized spacial score (nSPS) is 12.3. The lowest BCUT2D eigenvalue weighted by Gasteiger charge is -2.14. The molecule has 0 spiro atoms. The molecule has 0 aliphatic rings. The predicted octanol–water partition coefficient (Wildman–Crippen LogP) is 2.05. The van der Waals surface area contributed by atoms with Gasteiger partial charge in [0.2, 0.25) is 0 Å². The maximum atomic E-state index is 12.7. The van der Waals surface area contributed by atoms with Crippen LogP contribution in [0.25, 0.3) is 11.0 Å². The summed E-state index contributed by atoms with van der Waals surface area (Å²) in [6.07, 6.45) is -1.83. The summed E-state index contributed by atoms with van der Waals surface area (Å²) in [5, 5.41) is 23.8. The molecule has 1 amide bonds. The van der Waals surface area contributed by atoms with Gasteiger partial charge < -0.3 is 14.8 Å². The van der Waals surface area contributed by atoms with Crippen LogP contribution in [0, 0.1) is 11.3 Å². The molecule has 0 bridgehead atoms. The van der Waals surface area contributed by atoms with Crippen LogP contribution in [0.2, 0.25) is 5.02 Å². The number of aromatic amines is 1. The summed E-state index contributed by atoms with van der Waals surface area (Å²) in [6, 6.07) is 12.9. The molecule has 3 aromatic rings. The number of hydrogen-bond acceptors (Lipinski definition) is 7. The van der Waals surface area contributed by atoms with Crippen molar-refractivity contribution in [2.75, 3.05) is 7.11 Å². The van der Waals surface area contributed by atoms with E-state index < -0.39 is 24.0 Å². The molecule has 2 aromatic carbocycles. The van der Waals surface area contributed by atoms with E-state index in [1.54, 1.807) is 48.5 Å². The number of H-pyrrole nitrogens is 1. The van der Waals surface area contributed by atoms with Gasteiger partial charge in [0, 0.05) is 5.02 Å². The van der Waals surface area contributed by atoms with Gasteiger partial charge in [0.15, 0.2) is 5.69 Å². The second-order valence-corrected chi connectivity index (χ2v) is 6.56. The quantitative estimate of drug-likeness (QED) is 0.407. The SMILES string of the molecule is COc1ccc(C(O)/C(=N\NC(=O)CC#N)c2nc3ccc(Cl)cc3[nH]c2=O)cc1. The number of nitrogens with one attached hydrogen (secondary N) is 2. The van der Waals surface area contributed by atoms with Crippen LogP contribution >= 0.6 is 11.6 Å². The Morgan fingerprint density at radius 2 is 2.10 bits per heavy atom. The van der Waals surface area contributed by atoms with Crippen LogP contribution in [0.4, 0.5) is 0 Å². The maximum absolute atomic E-state index is 12.7. The molecule has 0 fully saturated rings. The summed E-state index contributed by atoms with van der Waals surface area (Å²) in [7, 11) is 1.51. The lowest BCUT2D eigenvalue weighted by atomic mass is 10.0. The topological polar surface area (TPSA) is 140 Å². The highest BCUT2D eigenvalue weighted by Crippen LogP contribution is 2.21. The molecule has 0 radical (unpaired) electrons. The third kappa shape index (κ3) is 4.63. The van der Waals surface area contributed by atoms with Gasteiger partial charge in [0.1, 0.15) is 24.0 Å². The van der Waals surface area contributed by atoms with E-state index in [1.165, 1.54) is 7.11 Å². The highest BCUT2D eigenvalue weighted by molar-refractivity contribution is 6.31. The van der Waals surface area contributed by atoms with Gasteiger partial charge in [-0.15, -0.1) is 0 Å². The van der Waals surface area contributed by atoms with Gasteiger partial charge in [0.05, 0.1) is 24.2 Å². The molecule has 0 saturated heterocycles. The number of nitriles is 1. The van der Waals surface area contributed by atoms with E-state index in [2.05, 4.69) is 20.5 Å². The third-order valence-corrected chi connectivity index (χ3v) is 4.36. The van der Waals surface area contributed by atoms with Crippen LogP contribution in [0.5, 0.6) is 5.75 Å². The fraction of sp³-hybridized carbons (Fsp3) is 0.150. The van der Waals surface area contributed by atoms with Gasteiger partial charge >= 0.3 is 0 Å². The minimum absolute atomic E-state index is 0.189. The number of halogens is 1. The number of carbonyl (C=O) groups is 1. The molecule has 0 aliphatic carbocycles. The van der Waals surface area contributed by atoms with E-state index in [9.17, 15) is 14.7 Å². The minimum Gasteiger partial charge on any atom is -0.497 e. The Balaban J connectivity index is 2.10. The lowest BCUT2D eigenvalue weighted by molar-refractivity contribution is -0.120. The smallest absolute Gasteiger partial charge is 0.276 e. The van der Waals surface area contributed by atoms with E-state index in [0.717, 1.165) is 0 Å². The second kappa shape index (κ2) is 9.17. The minimum atomic E-state index is -1.39. The zero-order chi connectivity index (χ0) is 21.7. The molecular formula is C20H16ClN5O4. The number of carbonyl (C=O) groups excluding carboxylic acids is 1. The van der Waals surface area contributed by atoms with Crippen molar-refractivity contribution in [3.63, 3.8) is 0 Å². The summed E-state index contributed by atoms with van der Waals surface area (Å²) in [4.78, 5) is 31.3. The highest BCUT2D eigenvalue weighted by atomic mass is 35.5. The average Bonchev–Trinajstić information content (AvgIpc) is 2.74. The van der Waals surface area contributed by atoms with Crippen molar-refractivity contribution in [3.8, 4) is 11.8 Å². The van der Waals surface area contributed by atoms with Crippen molar-refractivity contribution >= 4 is 34.3 Å². The van der Waals surface area contributed by atoms with Crippen molar-refractivity contribution in [1.82, 2.24) is 15.4 Å². The lowest BCUT2D eigenvalue weighted by Crippen LogP contribution is -2.29. The number of hydrazone groups is 1. The predicted molar refractivity (Wildman–Crippen MR) is 110 cm³/mol. The van der Waals surface area contributed by atoms with E-state index in [0.29, 0.717) is 27.4 Å². The summed E-state index contributed by atoms with van der Waals surface area (Å²) in [5.41, 5.74) is 2.36. The first-order valence-electron chi connectivity index (χ1n) is 8.68. The molecule has 9 nitrogen and oxygen atoms in total. The maximum Gasteiger partial charge on any atom is 0.276 e. The summed E-state index contributed by atoms with van der Waals surface area (Å²) in [5.74, 6) is -0.119. The fourth-order valence-corrected chi connectivity index (χ4v) is 2.83. The third-order valence-electron chi connectivity index (χ3n) is 4.13. The molecule has 1 atom stereocenters. The summed E-state index contributed by atoms with van der Waals surface area (Å²) < 4.78 is 5.10. The summed E-state index contributed by atoms with van der Waals surface area (Å²) in [6.45, 7) is 0. The van der Waals surface area contributed by atoms with E-state index in [1.807, 2.05) is 0 Å². The number of ether oxygens (including phenoxy) is 1. The Kier molecular flexibility index (Phi) is 6.41. The number of rotatable bonds is 6. The Morgan fingerprint density at radius 3 is 2.77 bits per heavy atom. The molecule has 152 valence electrons. The molecule has 1 unspecified atom stereocenters. The van der Waals surface area contributed by atoms with Gasteiger partial charge in [-0.3, -0.25) is 9.59 Å². The van der Waals surface area contributed by atoms with Crippen molar-refractivity contribution < 1.29 is 14.6 Å². The van der Waals surface area contributed by atoms with E-state index in [4.69, 9.17) is 21.6 Å². The summed E-state index contributed by atoms with van der Waals surface area (Å²) >= 11 is 5.95. The highest BCUT2D eigenvalue weighted by Gasteiger charge is 2.23. The van der Waals surface area contributed by atoms with Crippen molar-refractivity contribution in [2.45, 2.75) is 12.5 Å².